The lowest BCUT2D eigenvalue weighted by molar-refractivity contribution is 0.202. The van der Waals surface area contributed by atoms with Gasteiger partial charge in [0.1, 0.15) is 11.9 Å². The van der Waals surface area contributed by atoms with Gasteiger partial charge in [0.2, 0.25) is 0 Å². The largest absolute Gasteiger partial charge is 0.489 e. The van der Waals surface area contributed by atoms with Crippen molar-refractivity contribution in [3.8, 4) is 11.8 Å². The summed E-state index contributed by atoms with van der Waals surface area (Å²) >= 11 is 0. The molecule has 0 bridgehead atoms. The summed E-state index contributed by atoms with van der Waals surface area (Å²) in [6.45, 7) is 1.99. The van der Waals surface area contributed by atoms with E-state index in [-0.39, 0.29) is 6.10 Å². The number of benzene rings is 1. The molecule has 1 aromatic carbocycles. The van der Waals surface area contributed by atoms with Crippen LogP contribution in [0.1, 0.15) is 19.8 Å². The highest BCUT2D eigenvalue weighted by molar-refractivity contribution is 5.43. The maximum absolute atomic E-state index is 8.55. The highest BCUT2D eigenvalue weighted by Crippen LogP contribution is 2.17. The molecule has 14 heavy (non-hydrogen) atoms. The van der Waals surface area contributed by atoms with Crippen molar-refractivity contribution in [2.75, 3.05) is 5.73 Å². The predicted octanol–water partition coefficient (Wildman–Crippen LogP) is 2.34. The molecule has 0 spiro atoms. The number of hydrogen-bond donors (Lipinski definition) is 1. The van der Waals surface area contributed by atoms with Crippen molar-refractivity contribution >= 4 is 5.69 Å². The molecular formula is C11H14N2O. The van der Waals surface area contributed by atoms with Gasteiger partial charge in [0, 0.05) is 11.8 Å². The molecule has 3 heteroatoms. The van der Waals surface area contributed by atoms with Gasteiger partial charge in [-0.25, -0.2) is 0 Å². The fourth-order valence-electron chi connectivity index (χ4n) is 1.15. The summed E-state index contributed by atoms with van der Waals surface area (Å²) < 4.78 is 5.58. The normalized spacial score (nSPS) is 11.7. The van der Waals surface area contributed by atoms with E-state index in [1.165, 1.54) is 0 Å². The Labute approximate surface area is 84.1 Å². The lowest BCUT2D eigenvalue weighted by atomic mass is 10.2. The molecule has 1 unspecified atom stereocenters. The van der Waals surface area contributed by atoms with Crippen LogP contribution in [0.3, 0.4) is 0 Å². The van der Waals surface area contributed by atoms with Crippen LogP contribution < -0.4 is 10.5 Å². The molecule has 0 radical (unpaired) electrons. The minimum absolute atomic E-state index is 0.0400. The van der Waals surface area contributed by atoms with Crippen LogP contribution in [-0.2, 0) is 0 Å². The molecule has 0 aliphatic carbocycles. The van der Waals surface area contributed by atoms with Gasteiger partial charge < -0.3 is 10.5 Å². The molecular weight excluding hydrogens is 176 g/mol. The molecule has 0 aromatic heterocycles. The quantitative estimate of drug-likeness (QED) is 0.741. The average molecular weight is 190 g/mol. The molecule has 0 amide bonds. The van der Waals surface area contributed by atoms with E-state index in [0.29, 0.717) is 12.1 Å². The van der Waals surface area contributed by atoms with Gasteiger partial charge in [-0.05, 0) is 18.6 Å². The Hall–Kier alpha value is -1.69. The van der Waals surface area contributed by atoms with E-state index >= 15 is 0 Å². The maximum atomic E-state index is 8.55. The van der Waals surface area contributed by atoms with Crippen LogP contribution in [0.25, 0.3) is 0 Å². The number of anilines is 1. The first-order valence-corrected chi connectivity index (χ1v) is 4.65. The number of ether oxygens (including phenoxy) is 1. The smallest absolute Gasteiger partial charge is 0.121 e. The lowest BCUT2D eigenvalue weighted by Crippen LogP contribution is -2.14. The molecule has 1 atom stereocenters. The van der Waals surface area contributed by atoms with Gasteiger partial charge in [0.05, 0.1) is 12.5 Å². The number of rotatable bonds is 4. The van der Waals surface area contributed by atoms with E-state index in [2.05, 4.69) is 6.07 Å². The summed E-state index contributed by atoms with van der Waals surface area (Å²) in [6, 6.07) is 9.35. The highest BCUT2D eigenvalue weighted by Gasteiger charge is 2.06. The molecule has 0 aliphatic rings. The van der Waals surface area contributed by atoms with Crippen molar-refractivity contribution in [2.24, 2.45) is 0 Å². The van der Waals surface area contributed by atoms with Crippen LogP contribution in [-0.4, -0.2) is 6.10 Å². The Balaban J connectivity index is 2.63. The van der Waals surface area contributed by atoms with Gasteiger partial charge in [0.25, 0.3) is 0 Å². The number of nitrogens with zero attached hydrogens (tertiary/aromatic N) is 1. The second-order valence-electron chi connectivity index (χ2n) is 3.08. The minimum atomic E-state index is -0.0400. The first-order valence-electron chi connectivity index (χ1n) is 4.65. The second kappa shape index (κ2) is 5.13. The topological polar surface area (TPSA) is 59.0 Å². The molecule has 0 fully saturated rings. The van der Waals surface area contributed by atoms with E-state index in [9.17, 15) is 0 Å². The molecule has 1 rings (SSSR count). The molecule has 0 saturated heterocycles. The van der Waals surface area contributed by atoms with Crippen LogP contribution in [0.5, 0.6) is 5.75 Å². The minimum Gasteiger partial charge on any atom is -0.489 e. The Kier molecular flexibility index (Phi) is 3.81. The summed E-state index contributed by atoms with van der Waals surface area (Å²) in [7, 11) is 0. The van der Waals surface area contributed by atoms with Crippen molar-refractivity contribution in [1.82, 2.24) is 0 Å². The molecule has 0 heterocycles. The highest BCUT2D eigenvalue weighted by atomic mass is 16.5. The summed E-state index contributed by atoms with van der Waals surface area (Å²) in [5.74, 6) is 0.729. The third kappa shape index (κ3) is 2.98. The third-order valence-electron chi connectivity index (χ3n) is 1.94. The monoisotopic (exact) mass is 190 g/mol. The van der Waals surface area contributed by atoms with Crippen LogP contribution in [0.4, 0.5) is 5.69 Å². The molecule has 74 valence electrons. The number of nitriles is 1. The second-order valence-corrected chi connectivity index (χ2v) is 3.08. The van der Waals surface area contributed by atoms with Crippen molar-refractivity contribution < 1.29 is 4.74 Å². The van der Waals surface area contributed by atoms with Crippen LogP contribution in [0, 0.1) is 11.3 Å². The average Bonchev–Trinajstić information content (AvgIpc) is 2.17. The van der Waals surface area contributed by atoms with Crippen molar-refractivity contribution in [1.29, 1.82) is 5.26 Å². The first kappa shape index (κ1) is 10.4. The Morgan fingerprint density at radius 1 is 1.57 bits per heavy atom. The molecule has 0 aliphatic heterocycles. The summed E-state index contributed by atoms with van der Waals surface area (Å²) in [5, 5.41) is 8.55. The van der Waals surface area contributed by atoms with Crippen LogP contribution in [0.2, 0.25) is 0 Å². The first-order chi connectivity index (χ1) is 6.76. The van der Waals surface area contributed by atoms with Gasteiger partial charge in [-0.3, -0.25) is 0 Å². The summed E-state index contributed by atoms with van der Waals surface area (Å²) in [5.41, 5.74) is 6.28. The van der Waals surface area contributed by atoms with Crippen molar-refractivity contribution in [3.63, 3.8) is 0 Å². The number of nitrogen functional groups attached to an aromatic ring is 1. The molecule has 0 saturated carbocycles. The van der Waals surface area contributed by atoms with E-state index in [0.717, 1.165) is 12.2 Å². The van der Waals surface area contributed by atoms with Crippen molar-refractivity contribution in [2.45, 2.75) is 25.9 Å². The molecule has 3 nitrogen and oxygen atoms in total. The van der Waals surface area contributed by atoms with Gasteiger partial charge in [-0.1, -0.05) is 13.0 Å². The zero-order valence-corrected chi connectivity index (χ0v) is 8.23. The zero-order valence-electron chi connectivity index (χ0n) is 8.23. The van der Waals surface area contributed by atoms with Crippen LogP contribution >= 0.6 is 0 Å². The fourth-order valence-corrected chi connectivity index (χ4v) is 1.15. The Morgan fingerprint density at radius 2 is 2.36 bits per heavy atom. The molecule has 2 N–H and O–H groups in total. The summed E-state index contributed by atoms with van der Waals surface area (Å²) in [6.07, 6.45) is 1.19. The number of hydrogen-bond acceptors (Lipinski definition) is 3. The Bertz CT molecular complexity index is 330. The fraction of sp³-hybridized carbons (Fsp3) is 0.364. The standard InChI is InChI=1S/C11H14N2O/c1-2-10(6-7-12)14-11-5-3-4-9(13)8-11/h3-5,8,10H,2,6,13H2,1H3. The third-order valence-corrected chi connectivity index (χ3v) is 1.94. The van der Waals surface area contributed by atoms with Crippen molar-refractivity contribution in [3.05, 3.63) is 24.3 Å². The van der Waals surface area contributed by atoms with Gasteiger partial charge in [0.15, 0.2) is 0 Å². The van der Waals surface area contributed by atoms with E-state index in [1.807, 2.05) is 19.1 Å². The van der Waals surface area contributed by atoms with E-state index in [4.69, 9.17) is 15.7 Å². The Morgan fingerprint density at radius 3 is 2.93 bits per heavy atom. The summed E-state index contributed by atoms with van der Waals surface area (Å²) in [4.78, 5) is 0. The lowest BCUT2D eigenvalue weighted by Gasteiger charge is -2.14. The predicted molar refractivity (Wildman–Crippen MR) is 55.8 cm³/mol. The van der Waals surface area contributed by atoms with Crippen LogP contribution in [0.15, 0.2) is 24.3 Å². The molecule has 1 aromatic rings. The zero-order chi connectivity index (χ0) is 10.4. The van der Waals surface area contributed by atoms with Gasteiger partial charge in [-0.15, -0.1) is 0 Å². The number of nitrogens with two attached hydrogens (primary N) is 1. The van der Waals surface area contributed by atoms with E-state index in [1.54, 1.807) is 12.1 Å². The van der Waals surface area contributed by atoms with E-state index < -0.39 is 0 Å². The van der Waals surface area contributed by atoms with Gasteiger partial charge in [-0.2, -0.15) is 5.26 Å². The maximum Gasteiger partial charge on any atom is 0.121 e. The van der Waals surface area contributed by atoms with Gasteiger partial charge >= 0.3 is 0 Å². The SMILES string of the molecule is CCC(CC#N)Oc1cccc(N)c1.